The molecule has 5 heteroatoms. The van der Waals surface area contributed by atoms with Crippen molar-refractivity contribution in [1.82, 2.24) is 4.98 Å². The molecular formula is C24H20N2O3. The maximum absolute atomic E-state index is 12.3. The van der Waals surface area contributed by atoms with Crippen LogP contribution in [0.3, 0.4) is 0 Å². The fourth-order valence-corrected chi connectivity index (χ4v) is 3.45. The molecule has 3 aromatic carbocycles. The van der Waals surface area contributed by atoms with E-state index in [9.17, 15) is 14.7 Å². The maximum Gasteiger partial charge on any atom is 0.335 e. The summed E-state index contributed by atoms with van der Waals surface area (Å²) in [6.07, 6.45) is 0.668. The second-order valence-electron chi connectivity index (χ2n) is 6.99. The number of nitrogens with one attached hydrogen (secondary N) is 2. The molecule has 4 rings (SSSR count). The molecule has 0 saturated heterocycles. The third-order valence-corrected chi connectivity index (χ3v) is 5.00. The van der Waals surface area contributed by atoms with Crippen molar-refractivity contribution in [2.24, 2.45) is 0 Å². The molecule has 1 heterocycles. The van der Waals surface area contributed by atoms with Gasteiger partial charge in [-0.3, -0.25) is 4.79 Å². The molecule has 0 radical (unpaired) electrons. The highest BCUT2D eigenvalue weighted by molar-refractivity contribution is 6.04. The number of carbonyl (C=O) groups is 2. The Morgan fingerprint density at radius 1 is 0.931 bits per heavy atom. The van der Waals surface area contributed by atoms with Gasteiger partial charge in [-0.15, -0.1) is 0 Å². The number of aromatic nitrogens is 1. The Labute approximate surface area is 168 Å². The summed E-state index contributed by atoms with van der Waals surface area (Å²) in [7, 11) is 0. The third-order valence-electron chi connectivity index (χ3n) is 5.00. The highest BCUT2D eigenvalue weighted by atomic mass is 16.4. The molecule has 0 atom stereocenters. The molecule has 0 aliphatic carbocycles. The molecule has 0 unspecified atom stereocenters. The molecule has 144 valence electrons. The average molecular weight is 384 g/mol. The smallest absolute Gasteiger partial charge is 0.335 e. The van der Waals surface area contributed by atoms with Gasteiger partial charge in [-0.05, 0) is 66.9 Å². The van der Waals surface area contributed by atoms with Gasteiger partial charge in [-0.2, -0.15) is 0 Å². The quantitative estimate of drug-likeness (QED) is 0.452. The van der Waals surface area contributed by atoms with Crippen LogP contribution in [-0.4, -0.2) is 22.0 Å². The van der Waals surface area contributed by atoms with E-state index in [0.29, 0.717) is 12.0 Å². The zero-order valence-electron chi connectivity index (χ0n) is 15.9. The lowest BCUT2D eigenvalue weighted by Crippen LogP contribution is -2.11. The summed E-state index contributed by atoms with van der Waals surface area (Å²) in [6, 6.07) is 21.9. The van der Waals surface area contributed by atoms with E-state index < -0.39 is 5.97 Å². The molecule has 0 aliphatic heterocycles. The number of carboxylic acid groups (broad SMARTS) is 1. The second kappa shape index (κ2) is 7.64. The predicted octanol–water partition coefficient (Wildman–Crippen LogP) is 5.02. The molecule has 3 N–H and O–H groups in total. The largest absolute Gasteiger partial charge is 0.478 e. The van der Waals surface area contributed by atoms with Gasteiger partial charge in [0, 0.05) is 27.8 Å². The number of amides is 1. The molecule has 1 aromatic heterocycles. The van der Waals surface area contributed by atoms with Crippen molar-refractivity contribution in [1.29, 1.82) is 0 Å². The first-order chi connectivity index (χ1) is 14.0. The standard InChI is InChI=1S/C24H20N2O3/c1-15-20(21-14-18(24(28)29)9-12-22(21)25-15)13-16-7-10-19(11-8-16)26-23(27)17-5-3-2-4-6-17/h2-12,14,25H,13H2,1H3,(H,26,27)(H,28,29). The number of anilines is 1. The van der Waals surface area contributed by atoms with E-state index >= 15 is 0 Å². The van der Waals surface area contributed by atoms with Crippen molar-refractivity contribution >= 4 is 28.5 Å². The monoisotopic (exact) mass is 384 g/mol. The van der Waals surface area contributed by atoms with Crippen LogP contribution in [0.1, 0.15) is 37.5 Å². The lowest BCUT2D eigenvalue weighted by Gasteiger charge is -2.07. The van der Waals surface area contributed by atoms with Crippen molar-refractivity contribution in [2.45, 2.75) is 13.3 Å². The summed E-state index contributed by atoms with van der Waals surface area (Å²) in [5, 5.41) is 13.1. The van der Waals surface area contributed by atoms with Crippen LogP contribution < -0.4 is 5.32 Å². The Kier molecular flexibility index (Phi) is 4.87. The summed E-state index contributed by atoms with van der Waals surface area (Å²) in [6.45, 7) is 1.99. The fraction of sp³-hybridized carbons (Fsp3) is 0.0833. The Bertz CT molecular complexity index is 1190. The predicted molar refractivity (Wildman–Crippen MR) is 114 cm³/mol. The Morgan fingerprint density at radius 3 is 2.34 bits per heavy atom. The van der Waals surface area contributed by atoms with E-state index in [2.05, 4.69) is 10.3 Å². The maximum atomic E-state index is 12.3. The van der Waals surface area contributed by atoms with Crippen LogP contribution in [0.15, 0.2) is 72.8 Å². The van der Waals surface area contributed by atoms with Crippen LogP contribution in [0.4, 0.5) is 5.69 Å². The Morgan fingerprint density at radius 2 is 1.66 bits per heavy atom. The highest BCUT2D eigenvalue weighted by Crippen LogP contribution is 2.26. The summed E-state index contributed by atoms with van der Waals surface area (Å²) in [5.74, 6) is -1.08. The molecule has 4 aromatic rings. The number of fused-ring (bicyclic) bond motifs is 1. The minimum Gasteiger partial charge on any atom is -0.478 e. The van der Waals surface area contributed by atoms with Gasteiger partial charge in [0.05, 0.1) is 5.56 Å². The number of aryl methyl sites for hydroxylation is 1. The van der Waals surface area contributed by atoms with Gasteiger partial charge in [-0.25, -0.2) is 4.79 Å². The molecule has 29 heavy (non-hydrogen) atoms. The second-order valence-corrected chi connectivity index (χ2v) is 6.99. The number of aromatic carboxylic acids is 1. The molecular weight excluding hydrogens is 364 g/mol. The van der Waals surface area contributed by atoms with Gasteiger partial charge in [0.2, 0.25) is 0 Å². The SMILES string of the molecule is Cc1[nH]c2ccc(C(=O)O)cc2c1Cc1ccc(NC(=O)c2ccccc2)cc1. The first kappa shape index (κ1) is 18.5. The van der Waals surface area contributed by atoms with E-state index in [0.717, 1.165) is 33.4 Å². The molecule has 0 fully saturated rings. The van der Waals surface area contributed by atoms with Crippen LogP contribution in [-0.2, 0) is 6.42 Å². The fourth-order valence-electron chi connectivity index (χ4n) is 3.45. The van der Waals surface area contributed by atoms with Crippen molar-refractivity contribution < 1.29 is 14.7 Å². The molecule has 0 bridgehead atoms. The molecule has 0 aliphatic rings. The van der Waals surface area contributed by atoms with E-state index in [1.54, 1.807) is 30.3 Å². The van der Waals surface area contributed by atoms with Crippen LogP contribution in [0.25, 0.3) is 10.9 Å². The lowest BCUT2D eigenvalue weighted by atomic mass is 10.0. The van der Waals surface area contributed by atoms with Crippen LogP contribution in [0.5, 0.6) is 0 Å². The summed E-state index contributed by atoms with van der Waals surface area (Å²) in [4.78, 5) is 26.9. The number of carboxylic acids is 1. The molecule has 0 saturated carbocycles. The number of H-pyrrole nitrogens is 1. The normalized spacial score (nSPS) is 10.8. The topological polar surface area (TPSA) is 82.2 Å². The third kappa shape index (κ3) is 3.89. The van der Waals surface area contributed by atoms with Crippen LogP contribution >= 0.6 is 0 Å². The Hall–Kier alpha value is -3.86. The number of carbonyl (C=O) groups excluding carboxylic acids is 1. The van der Waals surface area contributed by atoms with Gasteiger partial charge in [0.15, 0.2) is 0 Å². The number of hydrogen-bond donors (Lipinski definition) is 3. The van der Waals surface area contributed by atoms with Crippen molar-refractivity contribution in [2.75, 3.05) is 5.32 Å². The minimum absolute atomic E-state index is 0.146. The Balaban J connectivity index is 1.54. The number of aromatic amines is 1. The van der Waals surface area contributed by atoms with Gasteiger partial charge < -0.3 is 15.4 Å². The first-order valence-corrected chi connectivity index (χ1v) is 9.31. The van der Waals surface area contributed by atoms with Crippen LogP contribution in [0.2, 0.25) is 0 Å². The lowest BCUT2D eigenvalue weighted by molar-refractivity contribution is 0.0697. The summed E-state index contributed by atoms with van der Waals surface area (Å²) >= 11 is 0. The van der Waals surface area contributed by atoms with Gasteiger partial charge in [-0.1, -0.05) is 30.3 Å². The van der Waals surface area contributed by atoms with E-state index in [-0.39, 0.29) is 11.5 Å². The van der Waals surface area contributed by atoms with Gasteiger partial charge in [0.25, 0.3) is 5.91 Å². The van der Waals surface area contributed by atoms with Crippen molar-refractivity contribution in [3.63, 3.8) is 0 Å². The molecule has 5 nitrogen and oxygen atoms in total. The zero-order chi connectivity index (χ0) is 20.4. The van der Waals surface area contributed by atoms with Crippen molar-refractivity contribution in [3.8, 4) is 0 Å². The number of benzene rings is 3. The average Bonchev–Trinajstić information content (AvgIpc) is 3.04. The van der Waals surface area contributed by atoms with E-state index in [1.807, 2.05) is 49.4 Å². The van der Waals surface area contributed by atoms with Gasteiger partial charge in [0.1, 0.15) is 0 Å². The van der Waals surface area contributed by atoms with Crippen LogP contribution in [0, 0.1) is 6.92 Å². The highest BCUT2D eigenvalue weighted by Gasteiger charge is 2.12. The molecule has 0 spiro atoms. The summed E-state index contributed by atoms with van der Waals surface area (Å²) in [5.41, 5.74) is 5.71. The minimum atomic E-state index is -0.935. The van der Waals surface area contributed by atoms with Crippen molar-refractivity contribution in [3.05, 3.63) is 101 Å². The van der Waals surface area contributed by atoms with E-state index in [4.69, 9.17) is 0 Å². The molecule has 1 amide bonds. The zero-order valence-corrected chi connectivity index (χ0v) is 15.9. The first-order valence-electron chi connectivity index (χ1n) is 9.31. The number of hydrogen-bond acceptors (Lipinski definition) is 2. The summed E-state index contributed by atoms with van der Waals surface area (Å²) < 4.78 is 0. The van der Waals surface area contributed by atoms with E-state index in [1.165, 1.54) is 0 Å². The van der Waals surface area contributed by atoms with Gasteiger partial charge >= 0.3 is 5.97 Å². The number of rotatable bonds is 5.